The Balaban J connectivity index is 2.55. The number of hydrogen-bond acceptors (Lipinski definition) is 5. The molecule has 1 heterocycles. The summed E-state index contributed by atoms with van der Waals surface area (Å²) < 4.78 is 9.87. The van der Waals surface area contributed by atoms with Gasteiger partial charge in [0.2, 0.25) is 0 Å². The molecule has 0 bridgehead atoms. The molecule has 0 N–H and O–H groups in total. The number of hydrogen-bond donors (Lipinski definition) is 0. The summed E-state index contributed by atoms with van der Waals surface area (Å²) in [5.74, 6) is -0.384. The number of carbonyl (C=O) groups is 1. The van der Waals surface area contributed by atoms with Gasteiger partial charge in [-0.05, 0) is 6.92 Å². The molecule has 2 atom stereocenters. The summed E-state index contributed by atoms with van der Waals surface area (Å²) >= 11 is 1.44. The van der Waals surface area contributed by atoms with Gasteiger partial charge >= 0.3 is 5.97 Å². The third-order valence-corrected chi connectivity index (χ3v) is 3.33. The number of methoxy groups -OCH3 is 1. The summed E-state index contributed by atoms with van der Waals surface area (Å²) in [7, 11) is 1.39. The van der Waals surface area contributed by atoms with E-state index in [1.165, 1.54) is 18.9 Å². The van der Waals surface area contributed by atoms with E-state index in [2.05, 4.69) is 9.72 Å². The van der Waals surface area contributed by atoms with Crippen LogP contribution in [-0.2, 0) is 9.53 Å². The Kier molecular flexibility index (Phi) is 4.20. The number of aryl methyl sites for hydroxylation is 1. The van der Waals surface area contributed by atoms with Crippen LogP contribution in [0.3, 0.4) is 0 Å². The second kappa shape index (κ2) is 5.21. The van der Waals surface area contributed by atoms with Gasteiger partial charge < -0.3 is 9.15 Å². The van der Waals surface area contributed by atoms with Crippen molar-refractivity contribution in [2.24, 2.45) is 5.92 Å². The van der Waals surface area contributed by atoms with Crippen LogP contribution >= 0.6 is 11.8 Å². The van der Waals surface area contributed by atoms with E-state index >= 15 is 0 Å². The van der Waals surface area contributed by atoms with E-state index in [1.54, 1.807) is 6.26 Å². The molecule has 0 aliphatic rings. The van der Waals surface area contributed by atoms with Crippen LogP contribution in [-0.4, -0.2) is 23.3 Å². The fraction of sp³-hybridized carbons (Fsp3) is 0.600. The van der Waals surface area contributed by atoms with E-state index in [-0.39, 0.29) is 17.1 Å². The first-order valence-electron chi connectivity index (χ1n) is 4.71. The van der Waals surface area contributed by atoms with Crippen molar-refractivity contribution in [3.8, 4) is 0 Å². The molecule has 0 saturated carbocycles. The largest absolute Gasteiger partial charge is 0.469 e. The lowest BCUT2D eigenvalue weighted by Gasteiger charge is -2.14. The maximum absolute atomic E-state index is 11.3. The first-order chi connectivity index (χ1) is 7.04. The molecule has 0 amide bonds. The molecule has 5 heteroatoms. The lowest BCUT2D eigenvalue weighted by Crippen LogP contribution is -2.21. The molecule has 2 unspecified atom stereocenters. The van der Waals surface area contributed by atoms with E-state index in [0.717, 1.165) is 5.69 Å². The number of nitrogens with zero attached hydrogens (tertiary/aromatic N) is 1. The number of rotatable bonds is 4. The fourth-order valence-electron chi connectivity index (χ4n) is 1.03. The molecule has 15 heavy (non-hydrogen) atoms. The molecule has 0 aliphatic heterocycles. The predicted molar refractivity (Wildman–Crippen MR) is 57.7 cm³/mol. The van der Waals surface area contributed by atoms with Gasteiger partial charge in [0.25, 0.3) is 5.22 Å². The van der Waals surface area contributed by atoms with Crippen molar-refractivity contribution in [1.29, 1.82) is 0 Å². The van der Waals surface area contributed by atoms with Crippen LogP contribution in [0.15, 0.2) is 15.9 Å². The van der Waals surface area contributed by atoms with Gasteiger partial charge in [-0.1, -0.05) is 25.6 Å². The van der Waals surface area contributed by atoms with Crippen molar-refractivity contribution in [3.63, 3.8) is 0 Å². The van der Waals surface area contributed by atoms with Crippen LogP contribution in [0.4, 0.5) is 0 Å². The lowest BCUT2D eigenvalue weighted by atomic mass is 10.1. The van der Waals surface area contributed by atoms with Gasteiger partial charge in [0.05, 0.1) is 18.7 Å². The van der Waals surface area contributed by atoms with Gasteiger partial charge in [-0.2, -0.15) is 0 Å². The summed E-state index contributed by atoms with van der Waals surface area (Å²) in [5, 5.41) is 0.672. The zero-order valence-corrected chi connectivity index (χ0v) is 10.1. The molecular weight excluding hydrogens is 214 g/mol. The van der Waals surface area contributed by atoms with Crippen molar-refractivity contribution in [1.82, 2.24) is 4.98 Å². The Bertz CT molecular complexity index is 337. The van der Waals surface area contributed by atoms with Gasteiger partial charge in [-0.3, -0.25) is 4.79 Å². The number of carbonyl (C=O) groups excluding carboxylic acids is 1. The number of ether oxygens (including phenoxy) is 1. The summed E-state index contributed by atoms with van der Waals surface area (Å²) in [6, 6.07) is 0. The molecule has 0 radical (unpaired) electrons. The predicted octanol–water partition coefficient (Wildman–Crippen LogP) is 2.27. The van der Waals surface area contributed by atoms with E-state index in [1.807, 2.05) is 20.8 Å². The summed E-state index contributed by atoms with van der Waals surface area (Å²) in [4.78, 5) is 15.4. The second-order valence-corrected chi connectivity index (χ2v) is 4.72. The minimum absolute atomic E-state index is 0.0792. The Morgan fingerprint density at radius 2 is 2.27 bits per heavy atom. The molecule has 0 aliphatic carbocycles. The zero-order chi connectivity index (χ0) is 11.4. The molecule has 0 spiro atoms. The number of thioether (sulfide) groups is 1. The fourth-order valence-corrected chi connectivity index (χ4v) is 1.96. The molecule has 0 aromatic carbocycles. The average molecular weight is 229 g/mol. The van der Waals surface area contributed by atoms with Gasteiger partial charge in [0, 0.05) is 5.25 Å². The molecule has 1 rings (SSSR count). The van der Waals surface area contributed by atoms with E-state index < -0.39 is 0 Å². The number of oxazole rings is 1. The molecule has 1 aromatic heterocycles. The molecular formula is C10H15NO3S. The summed E-state index contributed by atoms with van der Waals surface area (Å²) in [6.07, 6.45) is 1.60. The van der Waals surface area contributed by atoms with Crippen molar-refractivity contribution >= 4 is 17.7 Å². The highest BCUT2D eigenvalue weighted by Gasteiger charge is 2.23. The van der Waals surface area contributed by atoms with E-state index in [0.29, 0.717) is 5.22 Å². The summed E-state index contributed by atoms with van der Waals surface area (Å²) in [6.45, 7) is 5.65. The van der Waals surface area contributed by atoms with Gasteiger partial charge in [0.1, 0.15) is 6.26 Å². The van der Waals surface area contributed by atoms with E-state index in [9.17, 15) is 4.79 Å². The van der Waals surface area contributed by atoms with Crippen LogP contribution in [0.25, 0.3) is 0 Å². The monoisotopic (exact) mass is 229 g/mol. The van der Waals surface area contributed by atoms with Crippen molar-refractivity contribution < 1.29 is 13.9 Å². The lowest BCUT2D eigenvalue weighted by molar-refractivity contribution is -0.144. The van der Waals surface area contributed by atoms with Crippen LogP contribution in [0.1, 0.15) is 19.5 Å². The highest BCUT2D eigenvalue weighted by Crippen LogP contribution is 2.27. The maximum Gasteiger partial charge on any atom is 0.309 e. The first kappa shape index (κ1) is 12.1. The van der Waals surface area contributed by atoms with Crippen molar-refractivity contribution in [3.05, 3.63) is 12.0 Å². The van der Waals surface area contributed by atoms with Crippen LogP contribution < -0.4 is 0 Å². The topological polar surface area (TPSA) is 52.3 Å². The third-order valence-electron chi connectivity index (χ3n) is 2.16. The van der Waals surface area contributed by atoms with Crippen LogP contribution in [0, 0.1) is 12.8 Å². The Morgan fingerprint density at radius 1 is 1.60 bits per heavy atom. The van der Waals surface area contributed by atoms with Crippen molar-refractivity contribution in [2.75, 3.05) is 7.11 Å². The summed E-state index contributed by atoms with van der Waals surface area (Å²) in [5.41, 5.74) is 0.843. The van der Waals surface area contributed by atoms with Gasteiger partial charge in [-0.25, -0.2) is 4.98 Å². The van der Waals surface area contributed by atoms with Crippen molar-refractivity contribution in [2.45, 2.75) is 31.2 Å². The SMILES string of the molecule is COC(=O)C(C)C(C)Sc1nc(C)co1. The van der Waals surface area contributed by atoms with Crippen LogP contribution in [0.2, 0.25) is 0 Å². The third kappa shape index (κ3) is 3.27. The second-order valence-electron chi connectivity index (χ2n) is 3.39. The first-order valence-corrected chi connectivity index (χ1v) is 5.59. The molecule has 0 fully saturated rings. The quantitative estimate of drug-likeness (QED) is 0.585. The smallest absolute Gasteiger partial charge is 0.309 e. The number of esters is 1. The molecule has 0 saturated heterocycles. The average Bonchev–Trinajstić information content (AvgIpc) is 2.61. The van der Waals surface area contributed by atoms with Gasteiger partial charge in [-0.15, -0.1) is 0 Å². The molecule has 4 nitrogen and oxygen atoms in total. The molecule has 1 aromatic rings. The Morgan fingerprint density at radius 3 is 2.73 bits per heavy atom. The maximum atomic E-state index is 11.3. The highest BCUT2D eigenvalue weighted by molar-refractivity contribution is 7.99. The van der Waals surface area contributed by atoms with Crippen LogP contribution in [0.5, 0.6) is 0 Å². The normalized spacial score (nSPS) is 14.7. The minimum atomic E-state index is -0.210. The Labute approximate surface area is 93.4 Å². The number of aromatic nitrogens is 1. The standard InChI is InChI=1S/C10H15NO3S/c1-6-5-14-10(11-6)15-8(3)7(2)9(12)13-4/h5,7-8H,1-4H3. The zero-order valence-electron chi connectivity index (χ0n) is 9.31. The minimum Gasteiger partial charge on any atom is -0.469 e. The van der Waals surface area contributed by atoms with Gasteiger partial charge in [0.15, 0.2) is 0 Å². The Hall–Kier alpha value is -0.970. The highest BCUT2D eigenvalue weighted by atomic mass is 32.2. The molecule has 84 valence electrons. The van der Waals surface area contributed by atoms with E-state index in [4.69, 9.17) is 4.42 Å².